The van der Waals surface area contributed by atoms with Gasteiger partial charge < -0.3 is 19.3 Å². The first-order valence-corrected chi connectivity index (χ1v) is 9.36. The summed E-state index contributed by atoms with van der Waals surface area (Å²) >= 11 is 0. The van der Waals surface area contributed by atoms with E-state index >= 15 is 0 Å². The molecule has 1 amide bonds. The van der Waals surface area contributed by atoms with Gasteiger partial charge in [-0.2, -0.15) is 0 Å². The van der Waals surface area contributed by atoms with Gasteiger partial charge in [0.15, 0.2) is 0 Å². The van der Waals surface area contributed by atoms with Gasteiger partial charge in [0.1, 0.15) is 12.1 Å². The largest absolute Gasteiger partial charge is 0.472 e. The third-order valence-corrected chi connectivity index (χ3v) is 5.58. The normalized spacial score (nSPS) is 24.2. The van der Waals surface area contributed by atoms with Crippen molar-refractivity contribution in [2.24, 2.45) is 0 Å². The van der Waals surface area contributed by atoms with Gasteiger partial charge in [-0.1, -0.05) is 12.1 Å². The number of para-hydroxylation sites is 1. The van der Waals surface area contributed by atoms with Gasteiger partial charge in [-0.25, -0.2) is 4.39 Å². The predicted molar refractivity (Wildman–Crippen MR) is 99.2 cm³/mol. The molecule has 2 fully saturated rings. The maximum absolute atomic E-state index is 14.0. The lowest BCUT2D eigenvalue weighted by Crippen LogP contribution is -2.59. The topological polar surface area (TPSA) is 60.2 Å². The number of hydrogen-bond donors (Lipinski definition) is 1. The van der Waals surface area contributed by atoms with E-state index in [0.29, 0.717) is 24.3 Å². The molecule has 1 aromatic carbocycles. The minimum absolute atomic E-state index is 0.0289. The summed E-state index contributed by atoms with van der Waals surface area (Å²) in [5, 5.41) is 10.6. The van der Waals surface area contributed by atoms with Gasteiger partial charge in [-0.3, -0.25) is 9.69 Å². The van der Waals surface area contributed by atoms with Gasteiger partial charge in [0.25, 0.3) is 5.91 Å². The number of hydrogen-bond acceptors (Lipinski definition) is 5. The van der Waals surface area contributed by atoms with E-state index < -0.39 is 6.10 Å². The first kappa shape index (κ1) is 18.0. The van der Waals surface area contributed by atoms with Gasteiger partial charge in [0, 0.05) is 45.3 Å². The Bertz CT molecular complexity index is 775. The highest BCUT2D eigenvalue weighted by Gasteiger charge is 2.35. The number of nitrogens with zero attached hydrogens (tertiary/aromatic N) is 3. The summed E-state index contributed by atoms with van der Waals surface area (Å²) in [6.45, 7) is 3.92. The van der Waals surface area contributed by atoms with Crippen LogP contribution in [-0.2, 0) is 0 Å². The first-order valence-electron chi connectivity index (χ1n) is 9.36. The van der Waals surface area contributed by atoms with Crippen molar-refractivity contribution in [1.29, 1.82) is 0 Å². The minimum Gasteiger partial charge on any atom is -0.472 e. The van der Waals surface area contributed by atoms with E-state index in [1.807, 2.05) is 6.07 Å². The predicted octanol–water partition coefficient (Wildman–Crippen LogP) is 1.82. The van der Waals surface area contributed by atoms with Crippen LogP contribution in [0.15, 0.2) is 47.3 Å². The van der Waals surface area contributed by atoms with Crippen LogP contribution in [-0.4, -0.2) is 72.2 Å². The van der Waals surface area contributed by atoms with Crippen LogP contribution in [0, 0.1) is 5.82 Å². The maximum Gasteiger partial charge on any atom is 0.257 e. The van der Waals surface area contributed by atoms with Crippen molar-refractivity contribution in [1.82, 2.24) is 9.80 Å². The van der Waals surface area contributed by atoms with Crippen LogP contribution in [0.3, 0.4) is 0 Å². The molecule has 0 spiro atoms. The van der Waals surface area contributed by atoms with Crippen LogP contribution in [0.2, 0.25) is 0 Å². The number of rotatable bonds is 3. The van der Waals surface area contributed by atoms with Crippen molar-refractivity contribution in [2.45, 2.75) is 18.6 Å². The van der Waals surface area contributed by atoms with Gasteiger partial charge in [-0.15, -0.1) is 0 Å². The SMILES string of the molecule is O=C(c1ccoc1)N1CC[C@@H](N2CCN(c3ccccc3F)CC2)[C@H](O)C1. The van der Waals surface area contributed by atoms with Crippen LogP contribution in [0.4, 0.5) is 10.1 Å². The molecule has 0 bridgehead atoms. The Morgan fingerprint density at radius 2 is 1.89 bits per heavy atom. The average Bonchev–Trinajstić information content (AvgIpc) is 3.23. The quantitative estimate of drug-likeness (QED) is 0.889. The third kappa shape index (κ3) is 3.70. The fraction of sp³-hybridized carbons (Fsp3) is 0.450. The first-order chi connectivity index (χ1) is 13.1. The van der Waals surface area contributed by atoms with Gasteiger partial charge in [-0.05, 0) is 24.6 Å². The second kappa shape index (κ2) is 7.70. The molecule has 6 nitrogen and oxygen atoms in total. The molecule has 0 radical (unpaired) electrons. The molecular formula is C20H24FN3O3. The summed E-state index contributed by atoms with van der Waals surface area (Å²) in [6.07, 6.45) is 3.05. The second-order valence-electron chi connectivity index (χ2n) is 7.16. The van der Waals surface area contributed by atoms with Gasteiger partial charge in [0.2, 0.25) is 0 Å². The molecule has 1 aromatic heterocycles. The van der Waals surface area contributed by atoms with Crippen molar-refractivity contribution in [3.05, 3.63) is 54.2 Å². The summed E-state index contributed by atoms with van der Waals surface area (Å²) in [5.41, 5.74) is 1.15. The number of likely N-dealkylation sites (tertiary alicyclic amines) is 1. The highest BCUT2D eigenvalue weighted by molar-refractivity contribution is 5.93. The zero-order valence-corrected chi connectivity index (χ0v) is 15.1. The van der Waals surface area contributed by atoms with E-state index in [9.17, 15) is 14.3 Å². The monoisotopic (exact) mass is 373 g/mol. The Hall–Kier alpha value is -2.38. The molecule has 0 aliphatic carbocycles. The van der Waals surface area contributed by atoms with Gasteiger partial charge in [0.05, 0.1) is 23.6 Å². The van der Waals surface area contributed by atoms with Crippen LogP contribution in [0.1, 0.15) is 16.8 Å². The molecule has 7 heteroatoms. The number of furan rings is 1. The fourth-order valence-electron chi connectivity index (χ4n) is 4.10. The molecule has 0 saturated carbocycles. The summed E-state index contributed by atoms with van der Waals surface area (Å²) < 4.78 is 19.0. The summed E-state index contributed by atoms with van der Waals surface area (Å²) in [5.74, 6) is -0.303. The van der Waals surface area contributed by atoms with Crippen molar-refractivity contribution in [3.8, 4) is 0 Å². The van der Waals surface area contributed by atoms with E-state index in [4.69, 9.17) is 4.42 Å². The molecule has 2 aliphatic heterocycles. The Labute approximate surface area is 157 Å². The minimum atomic E-state index is -0.588. The molecule has 27 heavy (non-hydrogen) atoms. The molecule has 2 atom stereocenters. The number of carbonyl (C=O) groups excluding carboxylic acids is 1. The van der Waals surface area contributed by atoms with Crippen LogP contribution in [0.25, 0.3) is 0 Å². The zero-order chi connectivity index (χ0) is 18.8. The standard InChI is InChI=1S/C20H24FN3O3/c21-16-3-1-2-4-17(16)22-8-10-23(11-9-22)18-5-7-24(13-19(18)25)20(26)15-6-12-27-14-15/h1-4,6,12,14,18-19,25H,5,7-11,13H2/t18-,19-/m1/s1. The van der Waals surface area contributed by atoms with Crippen molar-refractivity contribution in [2.75, 3.05) is 44.2 Å². The maximum atomic E-state index is 14.0. The van der Waals surface area contributed by atoms with E-state index in [1.165, 1.54) is 18.6 Å². The highest BCUT2D eigenvalue weighted by atomic mass is 19.1. The fourth-order valence-corrected chi connectivity index (χ4v) is 4.10. The molecule has 1 N–H and O–H groups in total. The number of piperidine rings is 1. The van der Waals surface area contributed by atoms with Crippen molar-refractivity contribution in [3.63, 3.8) is 0 Å². The number of piperazine rings is 1. The van der Waals surface area contributed by atoms with E-state index in [-0.39, 0.29) is 17.8 Å². The van der Waals surface area contributed by atoms with E-state index in [2.05, 4.69) is 9.80 Å². The smallest absolute Gasteiger partial charge is 0.257 e. The van der Waals surface area contributed by atoms with Crippen LogP contribution >= 0.6 is 0 Å². The zero-order valence-electron chi connectivity index (χ0n) is 15.1. The number of amides is 1. The van der Waals surface area contributed by atoms with Gasteiger partial charge >= 0.3 is 0 Å². The molecule has 2 aliphatic rings. The summed E-state index contributed by atoms with van der Waals surface area (Å²) in [7, 11) is 0. The highest BCUT2D eigenvalue weighted by Crippen LogP contribution is 2.24. The van der Waals surface area contributed by atoms with Crippen LogP contribution in [0.5, 0.6) is 0 Å². The number of anilines is 1. The van der Waals surface area contributed by atoms with Crippen molar-refractivity contribution >= 4 is 11.6 Å². The molecule has 4 rings (SSSR count). The number of β-amino-alcohol motifs (C(OH)–C–C–N with tert-alkyl or cyclic N) is 1. The number of benzene rings is 1. The number of aliphatic hydroxyl groups is 1. The molecule has 0 unspecified atom stereocenters. The Balaban J connectivity index is 1.33. The third-order valence-electron chi connectivity index (χ3n) is 5.58. The molecule has 2 saturated heterocycles. The van der Waals surface area contributed by atoms with Crippen LogP contribution < -0.4 is 4.90 Å². The Kier molecular flexibility index (Phi) is 5.13. The lowest BCUT2D eigenvalue weighted by molar-refractivity contribution is -0.0107. The summed E-state index contributed by atoms with van der Waals surface area (Å²) in [6, 6.07) is 8.51. The lowest BCUT2D eigenvalue weighted by Gasteiger charge is -2.45. The second-order valence-corrected chi connectivity index (χ2v) is 7.16. The van der Waals surface area contributed by atoms with Crippen molar-refractivity contribution < 1.29 is 18.7 Å². The molecular weight excluding hydrogens is 349 g/mol. The number of aliphatic hydroxyl groups excluding tert-OH is 1. The lowest BCUT2D eigenvalue weighted by atomic mass is 9.98. The van der Waals surface area contributed by atoms with E-state index in [0.717, 1.165) is 32.6 Å². The number of halogens is 1. The average molecular weight is 373 g/mol. The Morgan fingerprint density at radius 1 is 1.11 bits per heavy atom. The van der Waals surface area contributed by atoms with E-state index in [1.54, 1.807) is 23.1 Å². The molecule has 144 valence electrons. The summed E-state index contributed by atoms with van der Waals surface area (Å²) in [4.78, 5) is 18.4. The molecule has 2 aromatic rings. The molecule has 3 heterocycles. The Morgan fingerprint density at radius 3 is 2.56 bits per heavy atom. The number of carbonyl (C=O) groups is 1.